The predicted molar refractivity (Wildman–Crippen MR) is 72.2 cm³/mol. The molecule has 3 rings (SSSR count). The maximum absolute atomic E-state index is 4.60. The summed E-state index contributed by atoms with van der Waals surface area (Å²) >= 11 is 1.75. The summed E-state index contributed by atoms with van der Waals surface area (Å²) in [6, 6.07) is 14.2. The molecule has 1 aromatic carbocycles. The van der Waals surface area contributed by atoms with E-state index in [4.69, 9.17) is 0 Å². The molecule has 0 atom stereocenters. The third kappa shape index (κ3) is 2.17. The van der Waals surface area contributed by atoms with Gasteiger partial charge in [0.25, 0.3) is 0 Å². The fraction of sp³-hybridized carbons (Fsp3) is 0.0769. The number of nitrogens with zero attached hydrogens (tertiary/aromatic N) is 3. The molecule has 0 amide bonds. The Hall–Kier alpha value is -1.81. The van der Waals surface area contributed by atoms with Gasteiger partial charge in [-0.3, -0.25) is 9.99 Å². The Bertz CT molecular complexity index is 525. The molecule has 2 aromatic rings. The van der Waals surface area contributed by atoms with Crippen molar-refractivity contribution in [2.45, 2.75) is 0 Å². The Labute approximate surface area is 104 Å². The zero-order valence-electron chi connectivity index (χ0n) is 9.15. The highest BCUT2D eigenvalue weighted by molar-refractivity contribution is 8.14. The second-order valence-corrected chi connectivity index (χ2v) is 4.59. The standard InChI is InChI=1S/C13H11N3S/c1-2-5-11(6-3-1)13-15-16(10-17-13)12-7-4-8-14-9-12/h1-9H,10H2. The van der Waals surface area contributed by atoms with Crippen LogP contribution in [0.4, 0.5) is 5.69 Å². The van der Waals surface area contributed by atoms with Gasteiger partial charge >= 0.3 is 0 Å². The van der Waals surface area contributed by atoms with Gasteiger partial charge in [0.2, 0.25) is 0 Å². The molecule has 0 unspecified atom stereocenters. The average molecular weight is 241 g/mol. The van der Waals surface area contributed by atoms with Crippen molar-refractivity contribution in [3.63, 3.8) is 0 Å². The van der Waals surface area contributed by atoms with Gasteiger partial charge in [-0.25, -0.2) is 0 Å². The van der Waals surface area contributed by atoms with E-state index in [9.17, 15) is 0 Å². The molecule has 1 aromatic heterocycles. The van der Waals surface area contributed by atoms with Crippen LogP contribution in [-0.2, 0) is 0 Å². The lowest BCUT2D eigenvalue weighted by Gasteiger charge is -2.10. The van der Waals surface area contributed by atoms with E-state index in [1.54, 1.807) is 18.0 Å². The molecule has 17 heavy (non-hydrogen) atoms. The van der Waals surface area contributed by atoms with E-state index in [0.717, 1.165) is 16.6 Å². The topological polar surface area (TPSA) is 28.5 Å². The predicted octanol–water partition coefficient (Wildman–Crippen LogP) is 2.95. The summed E-state index contributed by atoms with van der Waals surface area (Å²) in [5.41, 5.74) is 2.20. The number of hydrogen-bond acceptors (Lipinski definition) is 4. The number of hydrogen-bond donors (Lipinski definition) is 0. The zero-order valence-corrected chi connectivity index (χ0v) is 9.97. The number of anilines is 1. The third-order valence-corrected chi connectivity index (χ3v) is 3.46. The molecule has 0 fully saturated rings. The lowest BCUT2D eigenvalue weighted by Crippen LogP contribution is -2.10. The van der Waals surface area contributed by atoms with E-state index in [0.29, 0.717) is 0 Å². The van der Waals surface area contributed by atoms with Gasteiger partial charge in [-0.2, -0.15) is 5.10 Å². The SMILES string of the molecule is c1ccc(C2=NN(c3cccnc3)CS2)cc1. The minimum absolute atomic E-state index is 0.843. The summed E-state index contributed by atoms with van der Waals surface area (Å²) in [6.45, 7) is 0. The molecule has 1 aliphatic rings. The third-order valence-electron chi connectivity index (χ3n) is 2.50. The van der Waals surface area contributed by atoms with Crippen LogP contribution in [0.25, 0.3) is 0 Å². The number of aromatic nitrogens is 1. The molecule has 0 radical (unpaired) electrons. The van der Waals surface area contributed by atoms with E-state index in [1.807, 2.05) is 41.5 Å². The number of pyridine rings is 1. The van der Waals surface area contributed by atoms with Crippen molar-refractivity contribution in [3.05, 3.63) is 60.4 Å². The maximum Gasteiger partial charge on any atom is 0.126 e. The first-order valence-electron chi connectivity index (χ1n) is 5.38. The normalized spacial score (nSPS) is 14.8. The van der Waals surface area contributed by atoms with Crippen LogP contribution in [0.1, 0.15) is 5.56 Å². The Balaban J connectivity index is 1.87. The molecule has 0 spiro atoms. The summed E-state index contributed by atoms with van der Waals surface area (Å²) in [7, 11) is 0. The Morgan fingerprint density at radius 1 is 1.06 bits per heavy atom. The largest absolute Gasteiger partial charge is 0.262 e. The van der Waals surface area contributed by atoms with E-state index in [-0.39, 0.29) is 0 Å². The number of rotatable bonds is 2. The van der Waals surface area contributed by atoms with Crippen molar-refractivity contribution >= 4 is 22.5 Å². The summed E-state index contributed by atoms with van der Waals surface area (Å²) in [5, 5.41) is 7.64. The van der Waals surface area contributed by atoms with Gasteiger partial charge < -0.3 is 0 Å². The molecule has 2 heterocycles. The van der Waals surface area contributed by atoms with Gasteiger partial charge in [0.1, 0.15) is 5.04 Å². The summed E-state index contributed by atoms with van der Waals surface area (Å²) < 4.78 is 0. The average Bonchev–Trinajstić information content (AvgIpc) is 2.90. The molecular weight excluding hydrogens is 230 g/mol. The fourth-order valence-corrected chi connectivity index (χ4v) is 2.56. The number of benzene rings is 1. The number of hydrazone groups is 1. The number of thioether (sulfide) groups is 1. The zero-order chi connectivity index (χ0) is 11.5. The first-order chi connectivity index (χ1) is 8.43. The Morgan fingerprint density at radius 3 is 2.71 bits per heavy atom. The fourth-order valence-electron chi connectivity index (χ4n) is 1.65. The van der Waals surface area contributed by atoms with E-state index < -0.39 is 0 Å². The molecule has 1 aliphatic heterocycles. The van der Waals surface area contributed by atoms with Gasteiger partial charge in [0.15, 0.2) is 0 Å². The lowest BCUT2D eigenvalue weighted by molar-refractivity contribution is 1.00. The monoisotopic (exact) mass is 241 g/mol. The van der Waals surface area contributed by atoms with E-state index in [1.165, 1.54) is 5.56 Å². The van der Waals surface area contributed by atoms with Gasteiger partial charge in [0.05, 0.1) is 17.8 Å². The van der Waals surface area contributed by atoms with Crippen LogP contribution in [0, 0.1) is 0 Å². The lowest BCUT2D eigenvalue weighted by atomic mass is 10.2. The van der Waals surface area contributed by atoms with Crippen LogP contribution in [-0.4, -0.2) is 15.9 Å². The van der Waals surface area contributed by atoms with Crippen molar-refractivity contribution in [1.29, 1.82) is 0 Å². The molecule has 0 aliphatic carbocycles. The summed E-state index contributed by atoms with van der Waals surface area (Å²) in [4.78, 5) is 4.11. The molecule has 0 saturated heterocycles. The molecule has 0 N–H and O–H groups in total. The van der Waals surface area contributed by atoms with Crippen molar-refractivity contribution in [3.8, 4) is 0 Å². The first-order valence-corrected chi connectivity index (χ1v) is 6.36. The molecule has 0 saturated carbocycles. The molecular formula is C13H11N3S. The smallest absolute Gasteiger partial charge is 0.126 e. The highest BCUT2D eigenvalue weighted by atomic mass is 32.2. The highest BCUT2D eigenvalue weighted by Crippen LogP contribution is 2.26. The van der Waals surface area contributed by atoms with Gasteiger partial charge in [0, 0.05) is 11.8 Å². The minimum Gasteiger partial charge on any atom is -0.262 e. The minimum atomic E-state index is 0.843. The van der Waals surface area contributed by atoms with E-state index >= 15 is 0 Å². The quantitative estimate of drug-likeness (QED) is 0.809. The first kappa shape index (κ1) is 10.4. The maximum atomic E-state index is 4.60. The molecule has 4 heteroatoms. The van der Waals surface area contributed by atoms with Gasteiger partial charge in [-0.05, 0) is 12.1 Å². The van der Waals surface area contributed by atoms with Gasteiger partial charge in [-0.1, -0.05) is 42.1 Å². The van der Waals surface area contributed by atoms with Crippen molar-refractivity contribution in [1.82, 2.24) is 4.98 Å². The van der Waals surface area contributed by atoms with Crippen molar-refractivity contribution in [2.75, 3.05) is 10.9 Å². The highest BCUT2D eigenvalue weighted by Gasteiger charge is 2.17. The second-order valence-electron chi connectivity index (χ2n) is 3.66. The van der Waals surface area contributed by atoms with Crippen LogP contribution in [0.3, 0.4) is 0 Å². The van der Waals surface area contributed by atoms with Crippen molar-refractivity contribution in [2.24, 2.45) is 5.10 Å². The van der Waals surface area contributed by atoms with E-state index in [2.05, 4.69) is 22.2 Å². The molecule has 84 valence electrons. The van der Waals surface area contributed by atoms with Crippen molar-refractivity contribution < 1.29 is 0 Å². The Morgan fingerprint density at radius 2 is 1.94 bits per heavy atom. The van der Waals surface area contributed by atoms with Crippen LogP contribution in [0.5, 0.6) is 0 Å². The van der Waals surface area contributed by atoms with Gasteiger partial charge in [-0.15, -0.1) is 0 Å². The second kappa shape index (κ2) is 4.59. The van der Waals surface area contributed by atoms with Crippen LogP contribution in [0.2, 0.25) is 0 Å². The Kier molecular flexibility index (Phi) is 2.80. The summed E-state index contributed by atoms with van der Waals surface area (Å²) in [5.74, 6) is 0.843. The van der Waals surface area contributed by atoms with Crippen LogP contribution < -0.4 is 5.01 Å². The van der Waals surface area contributed by atoms with Crippen LogP contribution in [0.15, 0.2) is 60.0 Å². The molecule has 0 bridgehead atoms. The molecule has 3 nitrogen and oxygen atoms in total. The summed E-state index contributed by atoms with van der Waals surface area (Å²) in [6.07, 6.45) is 3.60. The van der Waals surface area contributed by atoms with Crippen LogP contribution >= 0.6 is 11.8 Å².